The smallest absolute Gasteiger partial charge is 0.335 e. The molecule has 0 bridgehead atoms. The van der Waals surface area contributed by atoms with Gasteiger partial charge in [0.1, 0.15) is 23.8 Å². The van der Waals surface area contributed by atoms with E-state index < -0.39 is 41.7 Å². The third-order valence-corrected chi connectivity index (χ3v) is 18.5. The number of carbonyl (C=O) groups is 1. The van der Waals surface area contributed by atoms with E-state index in [2.05, 4.69) is 75.7 Å². The number of nitrogens with zero attached hydrogens (tertiary/aromatic N) is 4. The van der Waals surface area contributed by atoms with Gasteiger partial charge in [-0.05, 0) is 22.2 Å². The molecule has 1 amide bonds. The topological polar surface area (TPSA) is 171 Å². The number of hydrogen-bond acceptors (Lipinski definition) is 11. The highest BCUT2D eigenvalue weighted by Crippen LogP contribution is 2.49. The molecule has 13 nitrogen and oxygen atoms in total. The average molecular weight is 610 g/mol. The summed E-state index contributed by atoms with van der Waals surface area (Å²) in [6.07, 6.45) is -0.524. The molecule has 2 aliphatic rings. The largest absolute Gasteiger partial charge is 0.414 e. The van der Waals surface area contributed by atoms with Crippen LogP contribution in [0, 0.1) is 0 Å². The lowest BCUT2D eigenvalue weighted by Gasteiger charge is -2.51. The van der Waals surface area contributed by atoms with Crippen molar-refractivity contribution < 1.29 is 27.2 Å². The average Bonchev–Trinajstić information content (AvgIpc) is 3.44. The molecule has 15 heteroatoms. The van der Waals surface area contributed by atoms with E-state index in [0.717, 1.165) is 0 Å². The zero-order valence-corrected chi connectivity index (χ0v) is 27.7. The maximum atomic E-state index is 12.1. The zero-order chi connectivity index (χ0) is 30.3. The van der Waals surface area contributed by atoms with E-state index in [1.165, 1.54) is 0 Å². The van der Waals surface area contributed by atoms with Gasteiger partial charge in [-0.1, -0.05) is 55.4 Å². The van der Waals surface area contributed by atoms with E-state index in [-0.39, 0.29) is 59.5 Å². The zero-order valence-electron chi connectivity index (χ0n) is 25.7. The molecule has 41 heavy (non-hydrogen) atoms. The monoisotopic (exact) mass is 609 g/mol. The Kier molecular flexibility index (Phi) is 9.48. The van der Waals surface area contributed by atoms with Gasteiger partial charge in [-0.15, -0.1) is 0 Å². The molecule has 0 radical (unpaired) electrons. The minimum Gasteiger partial charge on any atom is -0.414 e. The van der Waals surface area contributed by atoms with Crippen molar-refractivity contribution >= 4 is 46.0 Å². The van der Waals surface area contributed by atoms with Crippen molar-refractivity contribution in [1.82, 2.24) is 24.8 Å². The van der Waals surface area contributed by atoms with Crippen LogP contribution in [0.5, 0.6) is 0 Å². The van der Waals surface area contributed by atoms with Gasteiger partial charge >= 0.3 is 17.1 Å². The summed E-state index contributed by atoms with van der Waals surface area (Å²) in [5, 5.41) is 2.64. The van der Waals surface area contributed by atoms with Gasteiger partial charge in [0.25, 0.3) is 0 Å². The molecular weight excluding hydrogens is 563 g/mol. The Morgan fingerprint density at radius 2 is 1.71 bits per heavy atom. The molecule has 2 saturated heterocycles. The lowest BCUT2D eigenvalue weighted by molar-refractivity contribution is -0.123. The molecule has 4 rings (SSSR count). The number of aromatic nitrogens is 4. The summed E-state index contributed by atoms with van der Waals surface area (Å²) >= 11 is 0. The van der Waals surface area contributed by atoms with Crippen molar-refractivity contribution in [3.63, 3.8) is 0 Å². The van der Waals surface area contributed by atoms with Crippen molar-refractivity contribution in [2.45, 2.75) is 109 Å². The molecule has 4 heterocycles. The molecule has 0 spiro atoms. The Labute approximate surface area is 244 Å². The van der Waals surface area contributed by atoms with E-state index in [1.54, 1.807) is 17.9 Å². The lowest BCUT2D eigenvalue weighted by Crippen LogP contribution is -2.66. The van der Waals surface area contributed by atoms with E-state index in [0.29, 0.717) is 11.2 Å². The number of rotatable bonds is 9. The second-order valence-electron chi connectivity index (χ2n) is 12.2. The number of carbonyl (C=O) groups excluding carboxylic acids is 1. The number of nitrogens with two attached hydrogens (primary N) is 2. The van der Waals surface area contributed by atoms with Crippen LogP contribution in [0.2, 0.25) is 22.2 Å². The van der Waals surface area contributed by atoms with Crippen LogP contribution in [0.1, 0.15) is 68.0 Å². The van der Waals surface area contributed by atoms with Crippen LogP contribution in [0.15, 0.2) is 6.33 Å². The molecule has 5 N–H and O–H groups in total. The van der Waals surface area contributed by atoms with E-state index in [4.69, 9.17) is 33.9 Å². The first-order valence-electron chi connectivity index (χ1n) is 14.5. The number of nitrogen functional groups attached to an aromatic ring is 2. The fraction of sp³-hybridized carbons (Fsp3) is 0.769. The van der Waals surface area contributed by atoms with Gasteiger partial charge in [0.15, 0.2) is 17.7 Å². The number of hydrogen-bond donors (Lipinski definition) is 3. The first kappa shape index (κ1) is 31.8. The van der Waals surface area contributed by atoms with Crippen molar-refractivity contribution in [1.29, 1.82) is 0 Å². The highest BCUT2D eigenvalue weighted by Gasteiger charge is 2.62. The Morgan fingerprint density at radius 3 is 2.29 bits per heavy atom. The molecule has 230 valence electrons. The Balaban J connectivity index is 1.82. The third-order valence-electron chi connectivity index (χ3n) is 8.28. The molecule has 0 unspecified atom stereocenters. The first-order valence-corrected chi connectivity index (χ1v) is 18.5. The van der Waals surface area contributed by atoms with Gasteiger partial charge in [0.2, 0.25) is 11.9 Å². The maximum Gasteiger partial charge on any atom is 0.335 e. The maximum absolute atomic E-state index is 12.1. The highest BCUT2D eigenvalue weighted by atomic mass is 28.5. The SMILES string of the molecule is CNC(=O)CCO[C@@H]1[C@@H]2O[Si](C(C)C)(C(C)C)O[Si](C(C)C)(C(C)C)OC[C@H]2O[C@H]1n1cnc2c(N)nc(N)nc21. The second-order valence-corrected chi connectivity index (χ2v) is 21.0. The second kappa shape index (κ2) is 12.2. The summed E-state index contributed by atoms with van der Waals surface area (Å²) in [6.45, 7) is 17.9. The molecule has 2 aliphatic heterocycles. The minimum absolute atomic E-state index is 0.0292. The molecule has 0 aromatic carbocycles. The van der Waals surface area contributed by atoms with Crippen molar-refractivity contribution in [3.05, 3.63) is 6.33 Å². The number of fused-ring (bicyclic) bond motifs is 2. The van der Waals surface area contributed by atoms with Crippen LogP contribution in [0.3, 0.4) is 0 Å². The number of amides is 1. The molecule has 2 aromatic rings. The fourth-order valence-corrected chi connectivity index (χ4v) is 17.3. The van der Waals surface area contributed by atoms with Gasteiger partial charge in [0.05, 0.1) is 19.5 Å². The molecule has 0 aliphatic carbocycles. The molecule has 2 aromatic heterocycles. The van der Waals surface area contributed by atoms with Gasteiger partial charge in [-0.2, -0.15) is 9.97 Å². The summed E-state index contributed by atoms with van der Waals surface area (Å²) in [5.41, 5.74) is 13.5. The van der Waals surface area contributed by atoms with E-state index in [9.17, 15) is 4.79 Å². The number of ether oxygens (including phenoxy) is 2. The first-order chi connectivity index (χ1) is 19.3. The van der Waals surface area contributed by atoms with Gasteiger partial charge in [-0.3, -0.25) is 9.36 Å². The minimum atomic E-state index is -2.96. The summed E-state index contributed by atoms with van der Waals surface area (Å²) < 4.78 is 36.4. The molecule has 2 fully saturated rings. The Hall–Kier alpha value is -2.15. The normalized spacial score (nSPS) is 26.1. The predicted molar refractivity (Wildman–Crippen MR) is 160 cm³/mol. The molecular formula is C26H47N7O6Si2. The summed E-state index contributed by atoms with van der Waals surface area (Å²) in [7, 11) is -4.12. The Morgan fingerprint density at radius 1 is 1.07 bits per heavy atom. The van der Waals surface area contributed by atoms with Crippen LogP contribution in [-0.2, 0) is 27.2 Å². The Bertz CT molecular complexity index is 1210. The van der Waals surface area contributed by atoms with Crippen LogP contribution in [0.4, 0.5) is 11.8 Å². The molecule has 4 atom stereocenters. The summed E-state index contributed by atoms with van der Waals surface area (Å²) in [6, 6.07) is 0. The fourth-order valence-electron chi connectivity index (χ4n) is 6.08. The van der Waals surface area contributed by atoms with E-state index in [1.807, 2.05) is 0 Å². The van der Waals surface area contributed by atoms with Crippen molar-refractivity contribution in [3.8, 4) is 0 Å². The van der Waals surface area contributed by atoms with Crippen molar-refractivity contribution in [2.75, 3.05) is 31.7 Å². The van der Waals surface area contributed by atoms with Gasteiger partial charge < -0.3 is 39.2 Å². The number of imidazole rings is 1. The third kappa shape index (κ3) is 5.77. The quantitative estimate of drug-likeness (QED) is 0.356. The van der Waals surface area contributed by atoms with E-state index >= 15 is 0 Å². The standard InChI is InChI=1S/C26H47N7O6Si2/c1-14(2)40(15(3)4)36-12-18-21(38-41(39-40,16(5)6)17(7)8)22(35-11-10-19(34)29-9)25(37-18)33-13-30-20-23(27)31-26(28)32-24(20)33/h13-18,21-22,25H,10-12H2,1-9H3,(H,29,34)(H4,27,28,31,32)/t18-,21-,22-,25-/m1/s1. The summed E-state index contributed by atoms with van der Waals surface area (Å²) in [5.74, 6) is 0.0823. The van der Waals surface area contributed by atoms with Gasteiger partial charge in [0, 0.05) is 13.5 Å². The van der Waals surface area contributed by atoms with Crippen LogP contribution in [-0.4, -0.2) is 81.1 Å². The lowest BCUT2D eigenvalue weighted by atomic mass is 10.1. The number of anilines is 2. The predicted octanol–water partition coefficient (Wildman–Crippen LogP) is 3.37. The van der Waals surface area contributed by atoms with Gasteiger partial charge in [-0.25, -0.2) is 4.98 Å². The highest BCUT2D eigenvalue weighted by molar-refractivity contribution is 6.84. The van der Waals surface area contributed by atoms with Crippen molar-refractivity contribution in [2.24, 2.45) is 0 Å². The number of nitrogens with one attached hydrogen (secondary N) is 1. The molecule has 0 saturated carbocycles. The van der Waals surface area contributed by atoms with Crippen LogP contribution in [0.25, 0.3) is 11.2 Å². The van der Waals surface area contributed by atoms with Crippen LogP contribution >= 0.6 is 0 Å². The van der Waals surface area contributed by atoms with Crippen LogP contribution < -0.4 is 16.8 Å². The summed E-state index contributed by atoms with van der Waals surface area (Å²) in [4.78, 5) is 25.0.